The zero-order chi connectivity index (χ0) is 20.7. The molecule has 0 saturated heterocycles. The van der Waals surface area contributed by atoms with Gasteiger partial charge in [-0.25, -0.2) is 12.7 Å². The summed E-state index contributed by atoms with van der Waals surface area (Å²) in [5, 5.41) is 2.81. The van der Waals surface area contributed by atoms with E-state index in [1.165, 1.54) is 42.5 Å². The molecule has 0 unspecified atom stereocenters. The van der Waals surface area contributed by atoms with Crippen LogP contribution in [0.1, 0.15) is 30.1 Å². The molecule has 0 saturated carbocycles. The zero-order valence-electron chi connectivity index (χ0n) is 16.1. The molecule has 0 bridgehead atoms. The summed E-state index contributed by atoms with van der Waals surface area (Å²) in [6.45, 7) is 1.65. The Morgan fingerprint density at radius 2 is 1.64 bits per heavy atom. The lowest BCUT2D eigenvalue weighted by Gasteiger charge is -2.17. The SMILES string of the molecule is CSc1ccc(NC(=O)CCCN(C)S(=O)(=O)c2ccc(C(C)=O)cc2)cc1. The van der Waals surface area contributed by atoms with Gasteiger partial charge in [0.2, 0.25) is 15.9 Å². The van der Waals surface area contributed by atoms with Crippen LogP contribution < -0.4 is 5.32 Å². The summed E-state index contributed by atoms with van der Waals surface area (Å²) in [5.74, 6) is -0.278. The number of benzene rings is 2. The van der Waals surface area contributed by atoms with E-state index in [1.54, 1.807) is 11.8 Å². The van der Waals surface area contributed by atoms with Gasteiger partial charge >= 0.3 is 0 Å². The summed E-state index contributed by atoms with van der Waals surface area (Å²) >= 11 is 1.62. The predicted octanol–water partition coefficient (Wildman–Crippen LogP) is 3.65. The molecule has 0 heterocycles. The third-order valence-electron chi connectivity index (χ3n) is 4.22. The average Bonchev–Trinajstić information content (AvgIpc) is 2.68. The second-order valence-electron chi connectivity index (χ2n) is 6.29. The highest BCUT2D eigenvalue weighted by molar-refractivity contribution is 7.98. The van der Waals surface area contributed by atoms with Gasteiger partial charge in [-0.15, -0.1) is 11.8 Å². The number of nitrogens with one attached hydrogen (secondary N) is 1. The molecule has 6 nitrogen and oxygen atoms in total. The van der Waals surface area contributed by atoms with E-state index in [2.05, 4.69) is 5.32 Å². The van der Waals surface area contributed by atoms with Crippen LogP contribution in [0.4, 0.5) is 5.69 Å². The van der Waals surface area contributed by atoms with Crippen molar-refractivity contribution in [3.8, 4) is 0 Å². The molecule has 0 fully saturated rings. The summed E-state index contributed by atoms with van der Waals surface area (Å²) in [4.78, 5) is 24.6. The maximum absolute atomic E-state index is 12.6. The van der Waals surface area contributed by atoms with E-state index >= 15 is 0 Å². The number of anilines is 1. The summed E-state index contributed by atoms with van der Waals surface area (Å²) < 4.78 is 26.4. The number of hydrogen-bond donors (Lipinski definition) is 1. The van der Waals surface area contributed by atoms with Crippen LogP contribution in [-0.4, -0.2) is 44.3 Å². The molecule has 2 aromatic rings. The molecule has 2 aromatic carbocycles. The molecule has 0 aliphatic carbocycles. The first-order chi connectivity index (χ1) is 13.2. The lowest BCUT2D eigenvalue weighted by molar-refractivity contribution is -0.116. The number of amides is 1. The Morgan fingerprint density at radius 1 is 1.04 bits per heavy atom. The maximum atomic E-state index is 12.6. The van der Waals surface area contributed by atoms with Crippen LogP contribution in [-0.2, 0) is 14.8 Å². The smallest absolute Gasteiger partial charge is 0.242 e. The summed E-state index contributed by atoms with van der Waals surface area (Å²) in [6, 6.07) is 13.4. The quantitative estimate of drug-likeness (QED) is 0.494. The van der Waals surface area contributed by atoms with E-state index in [0.717, 1.165) is 4.90 Å². The predicted molar refractivity (Wildman–Crippen MR) is 112 cm³/mol. The van der Waals surface area contributed by atoms with E-state index in [1.807, 2.05) is 30.5 Å². The number of carbonyl (C=O) groups excluding carboxylic acids is 2. The van der Waals surface area contributed by atoms with Crippen molar-refractivity contribution in [3.05, 3.63) is 54.1 Å². The van der Waals surface area contributed by atoms with Crippen LogP contribution >= 0.6 is 11.8 Å². The Balaban J connectivity index is 1.86. The topological polar surface area (TPSA) is 83.6 Å². The van der Waals surface area contributed by atoms with Crippen molar-refractivity contribution in [3.63, 3.8) is 0 Å². The van der Waals surface area contributed by atoms with Gasteiger partial charge in [0, 0.05) is 36.2 Å². The fourth-order valence-electron chi connectivity index (χ4n) is 2.52. The van der Waals surface area contributed by atoms with Crippen LogP contribution in [0.25, 0.3) is 0 Å². The van der Waals surface area contributed by atoms with Gasteiger partial charge in [0.05, 0.1) is 4.90 Å². The van der Waals surface area contributed by atoms with Crippen molar-refractivity contribution < 1.29 is 18.0 Å². The molecule has 2 rings (SSSR count). The molecule has 1 amide bonds. The molecule has 0 spiro atoms. The first kappa shape index (κ1) is 22.1. The number of thioether (sulfide) groups is 1. The average molecular weight is 421 g/mol. The number of hydrogen-bond acceptors (Lipinski definition) is 5. The molecule has 0 radical (unpaired) electrons. The fourth-order valence-corrected chi connectivity index (χ4v) is 4.14. The minimum absolute atomic E-state index is 0.119. The standard InChI is InChI=1S/C20H24N2O4S2/c1-15(23)16-6-12-19(13-7-16)28(25,26)22(2)14-4-5-20(24)21-17-8-10-18(27-3)11-9-17/h6-13H,4-5,14H2,1-3H3,(H,21,24). The van der Waals surface area contributed by atoms with E-state index in [0.29, 0.717) is 17.7 Å². The van der Waals surface area contributed by atoms with Crippen LogP contribution in [0.5, 0.6) is 0 Å². The van der Waals surface area contributed by atoms with Crippen molar-refractivity contribution in [1.29, 1.82) is 0 Å². The van der Waals surface area contributed by atoms with Gasteiger partial charge in [-0.1, -0.05) is 12.1 Å². The number of nitrogens with zero attached hydrogens (tertiary/aromatic N) is 1. The van der Waals surface area contributed by atoms with Crippen LogP contribution in [0.2, 0.25) is 0 Å². The lowest BCUT2D eigenvalue weighted by atomic mass is 10.2. The second-order valence-corrected chi connectivity index (χ2v) is 9.21. The van der Waals surface area contributed by atoms with Gasteiger partial charge in [0.25, 0.3) is 0 Å². The minimum atomic E-state index is -3.66. The normalized spacial score (nSPS) is 11.4. The molecule has 28 heavy (non-hydrogen) atoms. The first-order valence-corrected chi connectivity index (χ1v) is 11.4. The number of Topliss-reactive ketones (excluding diaryl/α,β-unsaturated/α-hetero) is 1. The Morgan fingerprint density at radius 3 is 2.18 bits per heavy atom. The van der Waals surface area contributed by atoms with E-state index in [4.69, 9.17) is 0 Å². The highest BCUT2D eigenvalue weighted by Crippen LogP contribution is 2.18. The summed E-state index contributed by atoms with van der Waals surface area (Å²) in [5.41, 5.74) is 1.18. The van der Waals surface area contributed by atoms with Crippen molar-refractivity contribution in [2.45, 2.75) is 29.6 Å². The monoisotopic (exact) mass is 420 g/mol. The Labute approximate surface area is 170 Å². The number of carbonyl (C=O) groups is 2. The Bertz CT molecular complexity index is 924. The van der Waals surface area contributed by atoms with Gasteiger partial charge in [0.15, 0.2) is 5.78 Å². The van der Waals surface area contributed by atoms with Crippen molar-refractivity contribution in [2.24, 2.45) is 0 Å². The van der Waals surface area contributed by atoms with Crippen LogP contribution in [0.3, 0.4) is 0 Å². The lowest BCUT2D eigenvalue weighted by Crippen LogP contribution is -2.28. The number of sulfonamides is 1. The summed E-state index contributed by atoms with van der Waals surface area (Å²) in [6.07, 6.45) is 2.60. The van der Waals surface area contributed by atoms with Gasteiger partial charge in [-0.3, -0.25) is 9.59 Å². The zero-order valence-corrected chi connectivity index (χ0v) is 17.8. The van der Waals surface area contributed by atoms with E-state index in [-0.39, 0.29) is 29.6 Å². The molecule has 0 aromatic heterocycles. The largest absolute Gasteiger partial charge is 0.326 e. The Hall–Kier alpha value is -2.16. The van der Waals surface area contributed by atoms with E-state index in [9.17, 15) is 18.0 Å². The molecular weight excluding hydrogens is 396 g/mol. The van der Waals surface area contributed by atoms with Gasteiger partial charge < -0.3 is 5.32 Å². The highest BCUT2D eigenvalue weighted by atomic mass is 32.2. The van der Waals surface area contributed by atoms with Gasteiger partial charge in [-0.2, -0.15) is 0 Å². The van der Waals surface area contributed by atoms with Gasteiger partial charge in [-0.05, 0) is 56.0 Å². The molecule has 0 aliphatic rings. The molecular formula is C20H24N2O4S2. The van der Waals surface area contributed by atoms with Gasteiger partial charge in [0.1, 0.15) is 0 Å². The van der Waals surface area contributed by atoms with Crippen molar-refractivity contribution in [1.82, 2.24) is 4.31 Å². The molecule has 0 atom stereocenters. The molecule has 8 heteroatoms. The second kappa shape index (κ2) is 9.86. The first-order valence-electron chi connectivity index (χ1n) is 8.75. The third kappa shape index (κ3) is 5.92. The van der Waals surface area contributed by atoms with Crippen molar-refractivity contribution >= 4 is 39.2 Å². The van der Waals surface area contributed by atoms with E-state index < -0.39 is 10.0 Å². The fraction of sp³-hybridized carbons (Fsp3) is 0.300. The van der Waals surface area contributed by atoms with Crippen LogP contribution in [0, 0.1) is 0 Å². The Kier molecular flexibility index (Phi) is 7.79. The maximum Gasteiger partial charge on any atom is 0.242 e. The van der Waals surface area contributed by atoms with Crippen molar-refractivity contribution in [2.75, 3.05) is 25.2 Å². The van der Waals surface area contributed by atoms with Crippen LogP contribution in [0.15, 0.2) is 58.3 Å². The number of rotatable bonds is 9. The third-order valence-corrected chi connectivity index (χ3v) is 6.83. The molecule has 150 valence electrons. The highest BCUT2D eigenvalue weighted by Gasteiger charge is 2.20. The number of ketones is 1. The molecule has 0 aliphatic heterocycles. The molecule has 1 N–H and O–H groups in total. The summed E-state index contributed by atoms with van der Waals surface area (Å²) in [7, 11) is -2.18. The minimum Gasteiger partial charge on any atom is -0.326 e.